The normalized spacial score (nSPS) is 11.4. The first kappa shape index (κ1) is 29.7. The van der Waals surface area contributed by atoms with Crippen LogP contribution in [-0.4, -0.2) is 14.1 Å². The third-order valence-electron chi connectivity index (χ3n) is 10.2. The van der Waals surface area contributed by atoms with Gasteiger partial charge in [0.2, 0.25) is 0 Å². The van der Waals surface area contributed by atoms with Crippen molar-refractivity contribution in [2.45, 2.75) is 0 Å². The molecule has 4 nitrogen and oxygen atoms in total. The summed E-state index contributed by atoms with van der Waals surface area (Å²) < 4.78 is 4.64. The number of nitrogens with zero attached hydrogens (tertiary/aromatic N) is 4. The number of nitriles is 1. The maximum atomic E-state index is 10.1. The molecular formula is C48H30N4. The van der Waals surface area contributed by atoms with E-state index in [1.807, 2.05) is 24.4 Å². The van der Waals surface area contributed by atoms with Crippen LogP contribution in [-0.2, 0) is 0 Å². The van der Waals surface area contributed by atoms with E-state index >= 15 is 0 Å². The van der Waals surface area contributed by atoms with Crippen LogP contribution in [0.1, 0.15) is 5.56 Å². The smallest absolute Gasteiger partial charge is 0.0991 e. The Morgan fingerprint density at radius 2 is 0.962 bits per heavy atom. The van der Waals surface area contributed by atoms with Crippen LogP contribution in [0.25, 0.3) is 88.5 Å². The van der Waals surface area contributed by atoms with E-state index in [2.05, 4.69) is 173 Å². The molecule has 0 saturated heterocycles. The van der Waals surface area contributed by atoms with E-state index < -0.39 is 0 Å². The minimum Gasteiger partial charge on any atom is -0.309 e. The number of fused-ring (bicyclic) bond motifs is 6. The highest BCUT2D eigenvalue weighted by Gasteiger charge is 2.19. The molecular weight excluding hydrogens is 633 g/mol. The molecule has 0 spiro atoms. The van der Waals surface area contributed by atoms with Crippen molar-refractivity contribution in [3.8, 4) is 51.0 Å². The summed E-state index contributed by atoms with van der Waals surface area (Å²) in [6.07, 6.45) is 1.88. The molecule has 10 aromatic rings. The van der Waals surface area contributed by atoms with Gasteiger partial charge in [0.1, 0.15) is 0 Å². The molecule has 3 heterocycles. The summed E-state index contributed by atoms with van der Waals surface area (Å²) in [5.74, 6) is 0. The second-order valence-corrected chi connectivity index (χ2v) is 13.1. The molecule has 4 heteroatoms. The van der Waals surface area contributed by atoms with Crippen LogP contribution in [0.4, 0.5) is 0 Å². The van der Waals surface area contributed by atoms with Crippen molar-refractivity contribution in [2.24, 2.45) is 0 Å². The lowest BCUT2D eigenvalue weighted by atomic mass is 10.0. The summed E-state index contributed by atoms with van der Waals surface area (Å²) in [4.78, 5) is 4.96. The van der Waals surface area contributed by atoms with Crippen LogP contribution >= 0.6 is 0 Å². The van der Waals surface area contributed by atoms with Crippen molar-refractivity contribution in [3.63, 3.8) is 0 Å². The van der Waals surface area contributed by atoms with Gasteiger partial charge in [-0.25, -0.2) is 0 Å². The number of hydrogen-bond acceptors (Lipinski definition) is 2. The number of benzene rings is 7. The van der Waals surface area contributed by atoms with Gasteiger partial charge in [0.25, 0.3) is 0 Å². The highest BCUT2D eigenvalue weighted by Crippen LogP contribution is 2.39. The fourth-order valence-corrected chi connectivity index (χ4v) is 7.82. The standard InChI is InChI=1S/C48H30N4/c49-31-32-19-22-48(52-45-18-10-8-16-39(45)41-29-36(21-24-47(41)52)34-13-5-2-6-14-34)42(27-32)43-30-37(25-26-50-43)51-44-17-9-7-15-38(44)40-28-35(20-23-46(40)51)33-11-3-1-4-12-33/h1-30H. The second kappa shape index (κ2) is 12.0. The van der Waals surface area contributed by atoms with Gasteiger partial charge < -0.3 is 9.13 Å². The number of pyridine rings is 1. The molecule has 0 unspecified atom stereocenters. The number of aromatic nitrogens is 3. The predicted molar refractivity (Wildman–Crippen MR) is 214 cm³/mol. The fraction of sp³-hybridized carbons (Fsp3) is 0. The van der Waals surface area contributed by atoms with E-state index in [0.29, 0.717) is 5.56 Å². The van der Waals surface area contributed by atoms with E-state index in [9.17, 15) is 5.26 Å². The van der Waals surface area contributed by atoms with Crippen molar-refractivity contribution in [1.29, 1.82) is 5.26 Å². The molecule has 0 bridgehead atoms. The zero-order valence-corrected chi connectivity index (χ0v) is 28.1. The highest BCUT2D eigenvalue weighted by atomic mass is 15.0. The number of rotatable bonds is 5. The molecule has 10 rings (SSSR count). The summed E-state index contributed by atoms with van der Waals surface area (Å²) in [7, 11) is 0. The van der Waals surface area contributed by atoms with Crippen LogP contribution < -0.4 is 0 Å². The molecule has 7 aromatic carbocycles. The Labute approximate surface area is 300 Å². The van der Waals surface area contributed by atoms with Crippen molar-refractivity contribution >= 4 is 43.6 Å². The molecule has 0 radical (unpaired) electrons. The van der Waals surface area contributed by atoms with Gasteiger partial charge in [-0.1, -0.05) is 109 Å². The molecule has 0 aliphatic rings. The quantitative estimate of drug-likeness (QED) is 0.184. The summed E-state index contributed by atoms with van der Waals surface area (Å²) >= 11 is 0. The minimum atomic E-state index is 0.586. The molecule has 0 fully saturated rings. The molecule has 0 aliphatic carbocycles. The topological polar surface area (TPSA) is 46.5 Å². The molecule has 0 aliphatic heterocycles. The predicted octanol–water partition coefficient (Wildman–Crippen LogP) is 12.1. The van der Waals surface area contributed by atoms with Crippen molar-refractivity contribution in [1.82, 2.24) is 14.1 Å². The Kier molecular flexibility index (Phi) is 6.84. The van der Waals surface area contributed by atoms with Crippen LogP contribution in [0.3, 0.4) is 0 Å². The van der Waals surface area contributed by atoms with E-state index in [0.717, 1.165) is 44.7 Å². The highest BCUT2D eigenvalue weighted by molar-refractivity contribution is 6.12. The van der Waals surface area contributed by atoms with E-state index in [4.69, 9.17) is 4.98 Å². The lowest BCUT2D eigenvalue weighted by Crippen LogP contribution is -2.00. The maximum absolute atomic E-state index is 10.1. The van der Waals surface area contributed by atoms with Gasteiger partial charge in [-0.3, -0.25) is 4.98 Å². The third-order valence-corrected chi connectivity index (χ3v) is 10.2. The van der Waals surface area contributed by atoms with Gasteiger partial charge in [0.15, 0.2) is 0 Å². The maximum Gasteiger partial charge on any atom is 0.0991 e. The first-order chi connectivity index (χ1) is 25.7. The van der Waals surface area contributed by atoms with Gasteiger partial charge in [0, 0.05) is 39.0 Å². The van der Waals surface area contributed by atoms with Gasteiger partial charge >= 0.3 is 0 Å². The summed E-state index contributed by atoms with van der Waals surface area (Å²) in [5, 5.41) is 14.8. The SMILES string of the molecule is N#Cc1ccc(-n2c3ccccc3c3cc(-c4ccccc4)ccc32)c(-c2cc(-n3c4ccccc4c4cc(-c5ccccc5)ccc43)ccn2)c1. The van der Waals surface area contributed by atoms with Crippen LogP contribution in [0.2, 0.25) is 0 Å². The summed E-state index contributed by atoms with van der Waals surface area (Å²) in [6.45, 7) is 0. The molecule has 0 N–H and O–H groups in total. The Hall–Kier alpha value is -7.22. The fourth-order valence-electron chi connectivity index (χ4n) is 7.82. The van der Waals surface area contributed by atoms with Gasteiger partial charge in [-0.2, -0.15) is 5.26 Å². The number of para-hydroxylation sites is 2. The van der Waals surface area contributed by atoms with E-state index in [1.165, 1.54) is 43.8 Å². The van der Waals surface area contributed by atoms with E-state index in [1.54, 1.807) is 0 Å². The zero-order chi connectivity index (χ0) is 34.6. The van der Waals surface area contributed by atoms with Crippen LogP contribution in [0.15, 0.2) is 182 Å². The average Bonchev–Trinajstić information content (AvgIpc) is 3.73. The van der Waals surface area contributed by atoms with Gasteiger partial charge in [-0.05, 0) is 89.0 Å². The van der Waals surface area contributed by atoms with Crippen LogP contribution in [0.5, 0.6) is 0 Å². The van der Waals surface area contributed by atoms with Crippen LogP contribution in [0, 0.1) is 11.3 Å². The van der Waals surface area contributed by atoms with Crippen molar-refractivity contribution in [2.75, 3.05) is 0 Å². The molecule has 0 amide bonds. The summed E-state index contributed by atoms with van der Waals surface area (Å²) in [5.41, 5.74) is 13.4. The van der Waals surface area contributed by atoms with Gasteiger partial charge in [0.05, 0.1) is 45.1 Å². The third kappa shape index (κ3) is 4.72. The molecule has 242 valence electrons. The average molecular weight is 663 g/mol. The molecule has 0 atom stereocenters. The van der Waals surface area contributed by atoms with E-state index in [-0.39, 0.29) is 0 Å². The first-order valence-corrected chi connectivity index (χ1v) is 17.4. The number of hydrogen-bond donors (Lipinski definition) is 0. The Morgan fingerprint density at radius 1 is 0.423 bits per heavy atom. The zero-order valence-electron chi connectivity index (χ0n) is 28.1. The second-order valence-electron chi connectivity index (χ2n) is 13.1. The lowest BCUT2D eigenvalue weighted by molar-refractivity contribution is 1.14. The monoisotopic (exact) mass is 662 g/mol. The van der Waals surface area contributed by atoms with Gasteiger partial charge in [-0.15, -0.1) is 0 Å². The Balaban J connectivity index is 1.18. The van der Waals surface area contributed by atoms with Crippen molar-refractivity contribution < 1.29 is 0 Å². The first-order valence-electron chi connectivity index (χ1n) is 17.4. The minimum absolute atomic E-state index is 0.586. The molecule has 3 aromatic heterocycles. The Bertz CT molecular complexity index is 3020. The summed E-state index contributed by atoms with van der Waals surface area (Å²) in [6, 6.07) is 64.1. The lowest BCUT2D eigenvalue weighted by Gasteiger charge is -2.15. The van der Waals surface area contributed by atoms with Crippen molar-refractivity contribution in [3.05, 3.63) is 188 Å². The largest absolute Gasteiger partial charge is 0.309 e. The Morgan fingerprint density at radius 3 is 1.58 bits per heavy atom. The molecule has 52 heavy (non-hydrogen) atoms. The molecule has 0 saturated carbocycles.